The van der Waals surface area contributed by atoms with Crippen LogP contribution in [-0.2, 0) is 0 Å². The molecule has 0 aliphatic heterocycles. The van der Waals surface area contributed by atoms with Crippen LogP contribution in [-0.4, -0.2) is 18.8 Å². The molecule has 0 heterocycles. The average Bonchev–Trinajstić information content (AvgIpc) is 2.16. The lowest BCUT2D eigenvalue weighted by Crippen LogP contribution is -2.36. The Hall–Kier alpha value is -1.30. The van der Waals surface area contributed by atoms with Gasteiger partial charge in [0, 0.05) is 12.5 Å². The molecule has 1 atom stereocenters. The molecular formula is C10H11F4NO. The third-order valence-electron chi connectivity index (χ3n) is 1.87. The van der Waals surface area contributed by atoms with E-state index in [-0.39, 0.29) is 18.7 Å². The smallest absolute Gasteiger partial charge is 0.425 e. The van der Waals surface area contributed by atoms with Gasteiger partial charge in [-0.3, -0.25) is 0 Å². The summed E-state index contributed by atoms with van der Waals surface area (Å²) >= 11 is 0. The van der Waals surface area contributed by atoms with Crippen LogP contribution in [0, 0.1) is 5.82 Å². The Kier molecular flexibility index (Phi) is 4.12. The SMILES string of the molecule is NCCC(Oc1cccc(F)c1)C(F)(F)F. The highest BCUT2D eigenvalue weighted by Gasteiger charge is 2.41. The highest BCUT2D eigenvalue weighted by atomic mass is 19.4. The number of rotatable bonds is 4. The fraction of sp³-hybridized carbons (Fsp3) is 0.400. The Morgan fingerprint density at radius 2 is 2.00 bits per heavy atom. The van der Waals surface area contributed by atoms with Crippen molar-refractivity contribution in [1.82, 2.24) is 0 Å². The molecule has 0 bridgehead atoms. The lowest BCUT2D eigenvalue weighted by atomic mass is 10.2. The zero-order chi connectivity index (χ0) is 12.2. The van der Waals surface area contributed by atoms with Crippen LogP contribution < -0.4 is 10.5 Å². The molecule has 0 amide bonds. The van der Waals surface area contributed by atoms with E-state index in [2.05, 4.69) is 4.74 Å². The summed E-state index contributed by atoms with van der Waals surface area (Å²) in [6.45, 7) is -0.153. The maximum Gasteiger partial charge on any atom is 0.425 e. The molecule has 1 rings (SSSR count). The topological polar surface area (TPSA) is 35.2 Å². The van der Waals surface area contributed by atoms with Crippen LogP contribution in [0.25, 0.3) is 0 Å². The maximum atomic E-state index is 12.7. The van der Waals surface area contributed by atoms with Crippen LogP contribution in [0.3, 0.4) is 0 Å². The van der Waals surface area contributed by atoms with E-state index >= 15 is 0 Å². The van der Waals surface area contributed by atoms with E-state index in [0.717, 1.165) is 12.1 Å². The Balaban J connectivity index is 2.76. The van der Waals surface area contributed by atoms with Gasteiger partial charge in [-0.2, -0.15) is 13.2 Å². The zero-order valence-corrected chi connectivity index (χ0v) is 8.30. The molecule has 6 heteroatoms. The van der Waals surface area contributed by atoms with Crippen molar-refractivity contribution in [1.29, 1.82) is 0 Å². The fourth-order valence-electron chi connectivity index (χ4n) is 1.15. The lowest BCUT2D eigenvalue weighted by Gasteiger charge is -2.21. The first-order valence-corrected chi connectivity index (χ1v) is 4.62. The summed E-state index contributed by atoms with van der Waals surface area (Å²) in [5, 5.41) is 0. The van der Waals surface area contributed by atoms with Crippen LogP contribution in [0.5, 0.6) is 5.75 Å². The van der Waals surface area contributed by atoms with E-state index in [1.54, 1.807) is 0 Å². The van der Waals surface area contributed by atoms with Gasteiger partial charge in [0.1, 0.15) is 11.6 Å². The Morgan fingerprint density at radius 3 is 2.50 bits per heavy atom. The lowest BCUT2D eigenvalue weighted by molar-refractivity contribution is -0.196. The molecular weight excluding hydrogens is 226 g/mol. The van der Waals surface area contributed by atoms with Crippen molar-refractivity contribution in [3.63, 3.8) is 0 Å². The Bertz CT molecular complexity index is 340. The highest BCUT2D eigenvalue weighted by molar-refractivity contribution is 5.22. The molecule has 90 valence electrons. The van der Waals surface area contributed by atoms with Gasteiger partial charge in [0.25, 0.3) is 0 Å². The van der Waals surface area contributed by atoms with E-state index in [9.17, 15) is 17.6 Å². The van der Waals surface area contributed by atoms with E-state index in [1.165, 1.54) is 12.1 Å². The van der Waals surface area contributed by atoms with E-state index in [4.69, 9.17) is 5.73 Å². The van der Waals surface area contributed by atoms with Crippen LogP contribution in [0.4, 0.5) is 17.6 Å². The van der Waals surface area contributed by atoms with Crippen molar-refractivity contribution in [2.45, 2.75) is 18.7 Å². The molecule has 0 aliphatic carbocycles. The van der Waals surface area contributed by atoms with Crippen molar-refractivity contribution >= 4 is 0 Å². The number of hydrogen-bond acceptors (Lipinski definition) is 2. The average molecular weight is 237 g/mol. The Morgan fingerprint density at radius 1 is 1.31 bits per heavy atom. The molecule has 2 N–H and O–H groups in total. The highest BCUT2D eigenvalue weighted by Crippen LogP contribution is 2.27. The molecule has 1 unspecified atom stereocenters. The standard InChI is InChI=1S/C10H11F4NO/c11-7-2-1-3-8(6-7)16-9(4-5-15)10(12,13)14/h1-3,6,9H,4-5,15H2. The predicted octanol–water partition coefficient (Wildman–Crippen LogP) is 2.48. The first-order chi connectivity index (χ1) is 7.43. The second-order valence-electron chi connectivity index (χ2n) is 3.18. The molecule has 0 aliphatic rings. The van der Waals surface area contributed by atoms with E-state index < -0.39 is 18.1 Å². The summed E-state index contributed by atoms with van der Waals surface area (Å²) in [6.07, 6.45) is -6.87. The minimum atomic E-state index is -4.51. The van der Waals surface area contributed by atoms with Gasteiger partial charge in [0.15, 0.2) is 6.10 Å². The van der Waals surface area contributed by atoms with Crippen molar-refractivity contribution in [2.75, 3.05) is 6.54 Å². The summed E-state index contributed by atoms with van der Waals surface area (Å²) in [6, 6.07) is 4.56. The first-order valence-electron chi connectivity index (χ1n) is 4.62. The molecule has 0 radical (unpaired) electrons. The van der Waals surface area contributed by atoms with E-state index in [0.29, 0.717) is 0 Å². The van der Waals surface area contributed by atoms with Gasteiger partial charge in [0.2, 0.25) is 0 Å². The van der Waals surface area contributed by atoms with Gasteiger partial charge < -0.3 is 10.5 Å². The largest absolute Gasteiger partial charge is 0.481 e. The summed E-state index contributed by atoms with van der Waals surface area (Å²) < 4.78 is 54.6. The van der Waals surface area contributed by atoms with Gasteiger partial charge in [-0.1, -0.05) is 6.07 Å². The first kappa shape index (κ1) is 12.8. The summed E-state index contributed by atoms with van der Waals surface area (Å²) in [7, 11) is 0. The van der Waals surface area contributed by atoms with Crippen molar-refractivity contribution in [3.8, 4) is 5.75 Å². The number of alkyl halides is 3. The van der Waals surface area contributed by atoms with E-state index in [1.807, 2.05) is 0 Å². The van der Waals surface area contributed by atoms with Crippen LogP contribution in [0.2, 0.25) is 0 Å². The molecule has 0 spiro atoms. The molecule has 0 saturated heterocycles. The predicted molar refractivity (Wildman–Crippen MR) is 50.5 cm³/mol. The van der Waals surface area contributed by atoms with Crippen molar-refractivity contribution in [2.24, 2.45) is 5.73 Å². The second-order valence-corrected chi connectivity index (χ2v) is 3.18. The summed E-state index contributed by atoms with van der Waals surface area (Å²) in [4.78, 5) is 0. The third-order valence-corrected chi connectivity index (χ3v) is 1.87. The molecule has 0 aromatic heterocycles. The van der Waals surface area contributed by atoms with Crippen LogP contribution in [0.1, 0.15) is 6.42 Å². The van der Waals surface area contributed by atoms with Crippen molar-refractivity contribution in [3.05, 3.63) is 30.1 Å². The number of benzene rings is 1. The number of hydrogen-bond donors (Lipinski definition) is 1. The maximum absolute atomic E-state index is 12.7. The van der Waals surface area contributed by atoms with Crippen LogP contribution in [0.15, 0.2) is 24.3 Å². The number of halogens is 4. The Labute approximate surface area is 90.0 Å². The minimum absolute atomic E-state index is 0.153. The molecule has 0 saturated carbocycles. The molecule has 2 nitrogen and oxygen atoms in total. The molecule has 0 fully saturated rings. The monoisotopic (exact) mass is 237 g/mol. The number of ether oxygens (including phenoxy) is 1. The third kappa shape index (κ3) is 3.69. The summed E-state index contributed by atoms with van der Waals surface area (Å²) in [5.41, 5.74) is 5.06. The fourth-order valence-corrected chi connectivity index (χ4v) is 1.15. The molecule has 16 heavy (non-hydrogen) atoms. The summed E-state index contributed by atoms with van der Waals surface area (Å²) in [5.74, 6) is -0.804. The van der Waals surface area contributed by atoms with Gasteiger partial charge >= 0.3 is 6.18 Å². The van der Waals surface area contributed by atoms with Gasteiger partial charge in [0.05, 0.1) is 0 Å². The minimum Gasteiger partial charge on any atom is -0.481 e. The van der Waals surface area contributed by atoms with Crippen LogP contribution >= 0.6 is 0 Å². The van der Waals surface area contributed by atoms with Gasteiger partial charge in [-0.15, -0.1) is 0 Å². The number of nitrogens with two attached hydrogens (primary N) is 1. The second kappa shape index (κ2) is 5.16. The normalized spacial score (nSPS) is 13.6. The molecule has 1 aromatic rings. The molecule has 1 aromatic carbocycles. The van der Waals surface area contributed by atoms with Gasteiger partial charge in [-0.05, 0) is 18.7 Å². The van der Waals surface area contributed by atoms with Gasteiger partial charge in [-0.25, -0.2) is 4.39 Å². The quantitative estimate of drug-likeness (QED) is 0.816. The van der Waals surface area contributed by atoms with Crippen molar-refractivity contribution < 1.29 is 22.3 Å². The zero-order valence-electron chi connectivity index (χ0n) is 8.30.